The second kappa shape index (κ2) is 10.4. The summed E-state index contributed by atoms with van der Waals surface area (Å²) in [6.45, 7) is 3.24. The monoisotopic (exact) mass is 511 g/mol. The van der Waals surface area contributed by atoms with Crippen LogP contribution in [0.4, 0.5) is 5.69 Å². The molecule has 2 aliphatic rings. The summed E-state index contributed by atoms with van der Waals surface area (Å²) in [5, 5.41) is 6.62. The molecule has 7 nitrogen and oxygen atoms in total. The number of hydrogen-bond acceptors (Lipinski definition) is 5. The Hall–Kier alpha value is -2.36. The number of ether oxygens (including phenoxy) is 4. The van der Waals surface area contributed by atoms with E-state index in [4.69, 9.17) is 18.9 Å². The molecule has 0 aromatic heterocycles. The molecule has 0 unspecified atom stereocenters. The normalized spacial score (nSPS) is 15.4. The lowest BCUT2D eigenvalue weighted by molar-refractivity contribution is 0.296. The van der Waals surface area contributed by atoms with Gasteiger partial charge in [-0.15, -0.1) is 24.0 Å². The Kier molecular flexibility index (Phi) is 7.68. The van der Waals surface area contributed by atoms with Gasteiger partial charge in [-0.3, -0.25) is 4.99 Å². The largest absolute Gasteiger partial charge is 0.490 e. The van der Waals surface area contributed by atoms with Gasteiger partial charge in [-0.05, 0) is 18.2 Å². The minimum atomic E-state index is 0. The number of guanidine groups is 1. The molecule has 0 amide bonds. The number of benzene rings is 2. The SMILES string of the molecule is CN=C(NCc1cccc2c1OCCCO2)Nc1ccc2c(c1)OCCCO2.I. The maximum atomic E-state index is 5.88. The number of halogens is 1. The van der Waals surface area contributed by atoms with Gasteiger partial charge in [0.2, 0.25) is 0 Å². The average molecular weight is 511 g/mol. The van der Waals surface area contributed by atoms with E-state index in [0.29, 0.717) is 38.9 Å². The molecule has 0 fully saturated rings. The Bertz CT molecular complexity index is 860. The molecule has 4 rings (SSSR count). The van der Waals surface area contributed by atoms with Gasteiger partial charge in [-0.25, -0.2) is 0 Å². The molecule has 156 valence electrons. The van der Waals surface area contributed by atoms with Crippen molar-refractivity contribution in [1.29, 1.82) is 0 Å². The fourth-order valence-electron chi connectivity index (χ4n) is 3.13. The molecular formula is C21H26IN3O4. The summed E-state index contributed by atoms with van der Waals surface area (Å²) in [5.74, 6) is 3.77. The molecule has 2 heterocycles. The summed E-state index contributed by atoms with van der Waals surface area (Å²) >= 11 is 0. The summed E-state index contributed by atoms with van der Waals surface area (Å²) < 4.78 is 23.1. The highest BCUT2D eigenvalue weighted by Crippen LogP contribution is 2.34. The third-order valence-electron chi connectivity index (χ3n) is 4.53. The highest BCUT2D eigenvalue weighted by molar-refractivity contribution is 14.0. The van der Waals surface area contributed by atoms with E-state index < -0.39 is 0 Å². The number of hydrogen-bond donors (Lipinski definition) is 2. The van der Waals surface area contributed by atoms with Crippen molar-refractivity contribution in [3.8, 4) is 23.0 Å². The predicted molar refractivity (Wildman–Crippen MR) is 123 cm³/mol. The van der Waals surface area contributed by atoms with Crippen molar-refractivity contribution in [3.63, 3.8) is 0 Å². The van der Waals surface area contributed by atoms with E-state index in [2.05, 4.69) is 15.6 Å². The van der Waals surface area contributed by atoms with E-state index in [1.807, 2.05) is 36.4 Å². The van der Waals surface area contributed by atoms with Crippen LogP contribution >= 0.6 is 24.0 Å². The van der Waals surface area contributed by atoms with Gasteiger partial charge in [0.15, 0.2) is 29.0 Å². The third kappa shape index (κ3) is 5.37. The number of nitrogens with one attached hydrogen (secondary N) is 2. The van der Waals surface area contributed by atoms with Gasteiger partial charge in [0.25, 0.3) is 0 Å². The lowest BCUT2D eigenvalue weighted by Crippen LogP contribution is -2.30. The molecule has 0 spiro atoms. The Morgan fingerprint density at radius 3 is 2.41 bits per heavy atom. The second-order valence-electron chi connectivity index (χ2n) is 6.56. The quantitative estimate of drug-likeness (QED) is 0.371. The molecule has 2 aromatic rings. The van der Waals surface area contributed by atoms with E-state index in [9.17, 15) is 0 Å². The average Bonchev–Trinajstić information content (AvgIpc) is 3.11. The first-order chi connectivity index (χ1) is 13.8. The summed E-state index contributed by atoms with van der Waals surface area (Å²) in [6, 6.07) is 11.7. The Morgan fingerprint density at radius 2 is 1.62 bits per heavy atom. The fraction of sp³-hybridized carbons (Fsp3) is 0.381. The lowest BCUT2D eigenvalue weighted by atomic mass is 10.2. The fourth-order valence-corrected chi connectivity index (χ4v) is 3.13. The number of anilines is 1. The van der Waals surface area contributed by atoms with Crippen molar-refractivity contribution in [2.24, 2.45) is 4.99 Å². The Balaban J connectivity index is 0.00000240. The van der Waals surface area contributed by atoms with Crippen molar-refractivity contribution in [2.45, 2.75) is 19.4 Å². The maximum absolute atomic E-state index is 5.88. The van der Waals surface area contributed by atoms with E-state index in [1.54, 1.807) is 7.05 Å². The second-order valence-corrected chi connectivity index (χ2v) is 6.56. The molecule has 8 heteroatoms. The summed E-state index contributed by atoms with van der Waals surface area (Å²) in [4.78, 5) is 4.31. The first-order valence-electron chi connectivity index (χ1n) is 9.58. The molecule has 2 aromatic carbocycles. The molecule has 2 N–H and O–H groups in total. The van der Waals surface area contributed by atoms with Crippen LogP contribution in [0.25, 0.3) is 0 Å². The van der Waals surface area contributed by atoms with Crippen molar-refractivity contribution in [1.82, 2.24) is 5.32 Å². The van der Waals surface area contributed by atoms with Gasteiger partial charge in [0.1, 0.15) is 0 Å². The van der Waals surface area contributed by atoms with Gasteiger partial charge < -0.3 is 29.6 Å². The first-order valence-corrected chi connectivity index (χ1v) is 9.58. The van der Waals surface area contributed by atoms with Crippen LogP contribution in [-0.4, -0.2) is 39.4 Å². The van der Waals surface area contributed by atoms with E-state index in [-0.39, 0.29) is 24.0 Å². The van der Waals surface area contributed by atoms with Crippen LogP contribution in [0.3, 0.4) is 0 Å². The zero-order valence-electron chi connectivity index (χ0n) is 16.4. The molecule has 0 atom stereocenters. The van der Waals surface area contributed by atoms with Crippen LogP contribution in [0.5, 0.6) is 23.0 Å². The number of nitrogens with zero attached hydrogens (tertiary/aromatic N) is 1. The molecule has 2 aliphatic heterocycles. The zero-order valence-corrected chi connectivity index (χ0v) is 18.7. The van der Waals surface area contributed by atoms with Gasteiger partial charge in [-0.2, -0.15) is 0 Å². The smallest absolute Gasteiger partial charge is 0.195 e. The van der Waals surface area contributed by atoms with Crippen molar-refractivity contribution < 1.29 is 18.9 Å². The standard InChI is InChI=1S/C21H25N3O4.HI/c1-22-21(24-16-7-8-17-19(13-16)27-11-3-9-25-17)23-14-15-5-2-6-18-20(15)28-12-4-10-26-18;/h2,5-8,13H,3-4,9-12,14H2,1H3,(H2,22,23,24);1H. The van der Waals surface area contributed by atoms with E-state index in [0.717, 1.165) is 47.1 Å². The van der Waals surface area contributed by atoms with Crippen molar-refractivity contribution >= 4 is 35.6 Å². The van der Waals surface area contributed by atoms with Crippen LogP contribution < -0.4 is 29.6 Å². The number of aliphatic imine (C=N–C) groups is 1. The number of fused-ring (bicyclic) bond motifs is 2. The minimum absolute atomic E-state index is 0. The Morgan fingerprint density at radius 1 is 0.897 bits per heavy atom. The highest BCUT2D eigenvalue weighted by Gasteiger charge is 2.15. The molecule has 0 bridgehead atoms. The molecule has 0 aliphatic carbocycles. The van der Waals surface area contributed by atoms with Gasteiger partial charge in [-0.1, -0.05) is 12.1 Å². The number of rotatable bonds is 3. The molecular weight excluding hydrogens is 485 g/mol. The van der Waals surface area contributed by atoms with Crippen molar-refractivity contribution in [3.05, 3.63) is 42.0 Å². The Labute approximate surface area is 187 Å². The lowest BCUT2D eigenvalue weighted by Gasteiger charge is -2.16. The molecule has 0 saturated carbocycles. The first kappa shape index (κ1) is 21.4. The molecule has 29 heavy (non-hydrogen) atoms. The highest BCUT2D eigenvalue weighted by atomic mass is 127. The zero-order chi connectivity index (χ0) is 19.2. The third-order valence-corrected chi connectivity index (χ3v) is 4.53. The van der Waals surface area contributed by atoms with Gasteiger partial charge in [0, 0.05) is 43.8 Å². The summed E-state index contributed by atoms with van der Waals surface area (Å²) in [7, 11) is 1.74. The van der Waals surface area contributed by atoms with Gasteiger partial charge >= 0.3 is 0 Å². The van der Waals surface area contributed by atoms with E-state index >= 15 is 0 Å². The predicted octanol–water partition coefficient (Wildman–Crippen LogP) is 3.81. The van der Waals surface area contributed by atoms with Crippen LogP contribution in [0.1, 0.15) is 18.4 Å². The van der Waals surface area contributed by atoms with Crippen LogP contribution in [0, 0.1) is 0 Å². The molecule has 0 radical (unpaired) electrons. The van der Waals surface area contributed by atoms with Crippen molar-refractivity contribution in [2.75, 3.05) is 38.8 Å². The topological polar surface area (TPSA) is 73.3 Å². The van der Waals surface area contributed by atoms with Crippen LogP contribution in [0.15, 0.2) is 41.4 Å². The number of para-hydroxylation sites is 1. The summed E-state index contributed by atoms with van der Waals surface area (Å²) in [6.07, 6.45) is 1.77. The molecule has 0 saturated heterocycles. The van der Waals surface area contributed by atoms with Gasteiger partial charge in [0.05, 0.1) is 26.4 Å². The summed E-state index contributed by atoms with van der Waals surface area (Å²) in [5.41, 5.74) is 1.91. The van der Waals surface area contributed by atoms with Crippen LogP contribution in [-0.2, 0) is 6.54 Å². The minimum Gasteiger partial charge on any atom is -0.490 e. The maximum Gasteiger partial charge on any atom is 0.195 e. The van der Waals surface area contributed by atoms with E-state index in [1.165, 1.54) is 0 Å². The van der Waals surface area contributed by atoms with Crippen LogP contribution in [0.2, 0.25) is 0 Å².